The lowest BCUT2D eigenvalue weighted by atomic mass is 9.72. The number of carbonyl (C=O) groups excluding carboxylic acids is 2. The van der Waals surface area contributed by atoms with Crippen molar-refractivity contribution in [1.29, 1.82) is 0 Å². The van der Waals surface area contributed by atoms with Crippen molar-refractivity contribution < 1.29 is 64.2 Å². The highest BCUT2D eigenvalue weighted by molar-refractivity contribution is 7.92. The fourth-order valence-corrected chi connectivity index (χ4v) is 21.0. The molecule has 2 amide bonds. The number of nitrogens with zero attached hydrogens (tertiary/aromatic N) is 10. The number of nitrogens with one attached hydrogen (secondary N) is 4. The summed E-state index contributed by atoms with van der Waals surface area (Å²) in [5.74, 6) is -1.08. The van der Waals surface area contributed by atoms with Gasteiger partial charge in [0.25, 0.3) is 43.2 Å². The zero-order chi connectivity index (χ0) is 90.8. The van der Waals surface area contributed by atoms with Gasteiger partial charge in [0.15, 0.2) is 0 Å². The van der Waals surface area contributed by atoms with E-state index in [1.807, 2.05) is 43.3 Å². The van der Waals surface area contributed by atoms with E-state index in [0.717, 1.165) is 148 Å². The number of hydrogen-bond acceptors (Lipinski definition) is 24. The number of aromatic amines is 2. The average Bonchev–Trinajstić information content (AvgIpc) is 1.73. The number of ether oxygens (including phenoxy) is 5. The Morgan fingerprint density at radius 2 is 1.02 bits per heavy atom. The van der Waals surface area contributed by atoms with E-state index >= 15 is 0 Å². The predicted octanol–water partition coefficient (Wildman–Crippen LogP) is 16.6. The number of nitro benzene ring substituents is 2. The first kappa shape index (κ1) is 91.3. The van der Waals surface area contributed by atoms with E-state index in [9.17, 15) is 50.9 Å². The third kappa shape index (κ3) is 22.2. The SMILES string of the molecule is CC1(C)CCC(CN2CCN(c3ccc(C(=O)NS(=O)(=O)c4cc5c(c([N+](=O)[O-])c4)C[C@H](CCN=S(C)(C)=O)CO5)c(Oc4cnc5[nH]ccc5c4)c3)CC2)=C(c2ccc(Cl)cc2)C1.C[C@@H]1CN(C[C@H]2COc3cc(S(=O)(=O)NC(=O)c4ccc(N5CCN(CC6=C(c7ccc(Cl)cc7)CC(C)(C)CC6)CC5)cc4Oc4cnc5[nH]ccc5c4)cc([N+](=O)[O-])c3C2)CCO1. The van der Waals surface area contributed by atoms with Gasteiger partial charge in [-0.1, -0.05) is 86.3 Å². The first-order valence-corrected chi connectivity index (χ1v) is 49.5. The Kier molecular flexibility index (Phi) is 27.0. The fourth-order valence-electron chi connectivity index (χ4n) is 18.2. The summed E-state index contributed by atoms with van der Waals surface area (Å²) < 4.78 is 106. The van der Waals surface area contributed by atoms with Gasteiger partial charge >= 0.3 is 0 Å². The molecule has 5 aliphatic heterocycles. The Hall–Kier alpha value is -11.0. The van der Waals surface area contributed by atoms with Gasteiger partial charge in [-0.15, -0.1) is 0 Å². The first-order chi connectivity index (χ1) is 61.6. The Morgan fingerprint density at radius 3 is 1.45 bits per heavy atom. The molecule has 9 heterocycles. The number of sulfonamides is 2. The molecule has 2 aliphatic carbocycles. The number of aromatic nitrogens is 4. The number of nitro groups is 2. The van der Waals surface area contributed by atoms with E-state index in [2.05, 4.69) is 110 Å². The zero-order valence-electron chi connectivity index (χ0n) is 73.1. The molecular weight excluding hydrogens is 1750 g/mol. The Labute approximate surface area is 760 Å². The quantitative estimate of drug-likeness (QED) is 0.0305. The average molecular weight is 1860 g/mol. The number of morpholine rings is 1. The van der Waals surface area contributed by atoms with E-state index in [-0.39, 0.29) is 93.8 Å². The van der Waals surface area contributed by atoms with Crippen LogP contribution in [-0.4, -0.2) is 207 Å². The van der Waals surface area contributed by atoms with Crippen LogP contribution in [0.5, 0.6) is 34.5 Å². The van der Waals surface area contributed by atoms with Crippen LogP contribution in [0.3, 0.4) is 0 Å². The lowest BCUT2D eigenvalue weighted by Crippen LogP contribution is -2.47. The highest BCUT2D eigenvalue weighted by Crippen LogP contribution is 2.47. The molecule has 0 radical (unpaired) electrons. The van der Waals surface area contributed by atoms with E-state index < -0.39 is 66.9 Å². The molecule has 680 valence electrons. The number of allylic oxidation sites excluding steroid dienone is 2. The Bertz CT molecular complexity index is 6390. The van der Waals surface area contributed by atoms with E-state index in [1.54, 1.807) is 54.9 Å². The van der Waals surface area contributed by atoms with Gasteiger partial charge in [0.2, 0.25) is 0 Å². The number of benzene rings is 6. The summed E-state index contributed by atoms with van der Waals surface area (Å²) in [6, 6.07) is 38.0. The van der Waals surface area contributed by atoms with E-state index in [0.29, 0.717) is 74.0 Å². The molecular formula is C94H106Cl2N14O16S3. The minimum absolute atomic E-state index is 0.0342. The van der Waals surface area contributed by atoms with Crippen LogP contribution in [0.4, 0.5) is 22.7 Å². The molecule has 17 rings (SSSR count). The van der Waals surface area contributed by atoms with Crippen LogP contribution in [0, 0.1) is 42.9 Å². The third-order valence-corrected chi connectivity index (χ3v) is 29.1. The molecule has 30 nitrogen and oxygen atoms in total. The molecule has 0 unspecified atom stereocenters. The number of hydrogen-bond donors (Lipinski definition) is 4. The Balaban J connectivity index is 0.000000189. The lowest BCUT2D eigenvalue weighted by Gasteiger charge is -2.39. The summed E-state index contributed by atoms with van der Waals surface area (Å²) in [5.41, 5.74) is 11.2. The second-order valence-corrected chi connectivity index (χ2v) is 43.2. The molecule has 3 fully saturated rings. The maximum Gasteiger partial charge on any atom is 0.277 e. The van der Waals surface area contributed by atoms with E-state index in [4.69, 9.17) is 46.9 Å². The normalized spacial score (nSPS) is 19.3. The van der Waals surface area contributed by atoms with E-state index in [1.165, 1.54) is 76.5 Å². The molecule has 0 spiro atoms. The van der Waals surface area contributed by atoms with Gasteiger partial charge in [0.05, 0.1) is 80.2 Å². The number of pyridine rings is 2. The summed E-state index contributed by atoms with van der Waals surface area (Å²) >= 11 is 12.5. The largest absolute Gasteiger partial charge is 0.493 e. The molecule has 0 saturated carbocycles. The van der Waals surface area contributed by atoms with Crippen LogP contribution >= 0.6 is 23.2 Å². The number of fused-ring (bicyclic) bond motifs is 4. The van der Waals surface area contributed by atoms with Gasteiger partial charge in [-0.05, 0) is 177 Å². The van der Waals surface area contributed by atoms with Gasteiger partial charge in [-0.2, -0.15) is 0 Å². The number of amides is 2. The van der Waals surface area contributed by atoms with Gasteiger partial charge < -0.3 is 43.5 Å². The van der Waals surface area contributed by atoms with Gasteiger partial charge in [-0.25, -0.2) is 40.6 Å². The van der Waals surface area contributed by atoms with Crippen molar-refractivity contribution in [3.05, 3.63) is 233 Å². The van der Waals surface area contributed by atoms with Crippen LogP contribution in [0.2, 0.25) is 10.0 Å². The van der Waals surface area contributed by atoms with Crippen molar-refractivity contribution >= 4 is 121 Å². The van der Waals surface area contributed by atoms with Crippen LogP contribution in [-0.2, 0) is 47.4 Å². The van der Waals surface area contributed by atoms with Crippen LogP contribution in [0.15, 0.2) is 184 Å². The molecule has 6 aromatic carbocycles. The van der Waals surface area contributed by atoms with Crippen molar-refractivity contribution in [2.75, 3.05) is 134 Å². The molecule has 0 bridgehead atoms. The van der Waals surface area contributed by atoms with Crippen LogP contribution in [0.25, 0.3) is 33.2 Å². The summed E-state index contributed by atoms with van der Waals surface area (Å²) in [5, 5.41) is 27.7. The molecule has 7 aliphatic rings. The minimum atomic E-state index is -4.66. The highest BCUT2D eigenvalue weighted by atomic mass is 35.5. The molecule has 3 saturated heterocycles. The minimum Gasteiger partial charge on any atom is -0.493 e. The topological polar surface area (TPSA) is 362 Å². The number of halogens is 2. The second kappa shape index (κ2) is 38.2. The third-order valence-electron chi connectivity index (χ3n) is 25.2. The molecule has 35 heteroatoms. The van der Waals surface area contributed by atoms with Crippen LogP contribution < -0.4 is 38.2 Å². The predicted molar refractivity (Wildman–Crippen MR) is 499 cm³/mol. The van der Waals surface area contributed by atoms with Crippen LogP contribution in [0.1, 0.15) is 123 Å². The summed E-state index contributed by atoms with van der Waals surface area (Å²) in [6.45, 7) is 22.7. The standard InChI is InChI=1S/C48H54ClN7O8S.C46H52ClN7O8S2/c1-31-27-54(18-19-62-31)28-32-20-41-43(56(58)59)23-39(24-44(41)63-30-32)65(60,61)52-47(57)40-9-8-37(22-45(40)64-38-21-34-11-13-50-46(34)51-26-38)55-16-14-53(15-17-55)29-35-10-12-48(2,3)25-42(35)33-4-6-36(49)7-5-33;1-46(2)14-11-33(40(26-46)31-5-7-34(47)8-6-31)28-52-17-19-53(20-18-52)35-9-10-38(43(23-35)62-36-22-32-13-15-48-44(32)49-27-36)45(55)51-64(59,60)37-24-41(54(56)57)39-21-30(29-61-42(39)25-37)12-16-50-63(3,4)58/h4-9,11,13,21-24,26,31-32H,10,12,14-20,25,27-30H2,1-3H3,(H,50,51)(H,52,57);5-10,13,15,22-25,27,30H,11-12,14,16-21,26,28-29H2,1-4H3,(H,48,49)(H,51,55)/t31-,32+;30-/m10/s1. The van der Waals surface area contributed by atoms with Gasteiger partial charge in [-0.3, -0.25) is 48.7 Å². The van der Waals surface area contributed by atoms with Crippen molar-refractivity contribution in [3.63, 3.8) is 0 Å². The molecule has 4 N–H and O–H groups in total. The fraction of sp³-hybridized carbons (Fsp3) is 0.404. The zero-order valence-corrected chi connectivity index (χ0v) is 77.1. The van der Waals surface area contributed by atoms with Crippen molar-refractivity contribution in [1.82, 2.24) is 44.1 Å². The number of piperazine rings is 2. The van der Waals surface area contributed by atoms with Gasteiger partial charge in [0, 0.05) is 201 Å². The molecule has 129 heavy (non-hydrogen) atoms. The molecule has 3 atom stereocenters. The molecule has 4 aromatic heterocycles. The number of H-pyrrole nitrogens is 2. The monoisotopic (exact) mass is 1850 g/mol. The maximum absolute atomic E-state index is 14.1. The lowest BCUT2D eigenvalue weighted by molar-refractivity contribution is -0.386. The summed E-state index contributed by atoms with van der Waals surface area (Å²) in [6.07, 6.45) is 17.1. The Morgan fingerprint density at radius 1 is 0.574 bits per heavy atom. The summed E-state index contributed by atoms with van der Waals surface area (Å²) in [7, 11) is -11.6. The molecule has 10 aromatic rings. The number of carbonyl (C=O) groups is 2. The van der Waals surface area contributed by atoms with Crippen molar-refractivity contribution in [2.24, 2.45) is 27.0 Å². The smallest absolute Gasteiger partial charge is 0.277 e. The summed E-state index contributed by atoms with van der Waals surface area (Å²) in [4.78, 5) is 77.2. The van der Waals surface area contributed by atoms with Crippen molar-refractivity contribution in [2.45, 2.75) is 108 Å². The first-order valence-electron chi connectivity index (χ1n) is 43.4. The maximum atomic E-state index is 14.1. The number of anilines is 2. The number of rotatable bonds is 25. The second-order valence-electron chi connectivity index (χ2n) is 36.4. The van der Waals surface area contributed by atoms with Gasteiger partial charge in [0.1, 0.15) is 45.8 Å². The van der Waals surface area contributed by atoms with Crippen molar-refractivity contribution in [3.8, 4) is 34.5 Å². The highest BCUT2D eigenvalue weighted by Gasteiger charge is 2.38.